The number of rotatable bonds is 5. The van der Waals surface area contributed by atoms with Crippen LogP contribution in [0.4, 0.5) is 10.5 Å². The van der Waals surface area contributed by atoms with E-state index in [1.165, 1.54) is 0 Å². The van der Waals surface area contributed by atoms with E-state index >= 15 is 0 Å². The number of hydrogen-bond donors (Lipinski definition) is 2. The summed E-state index contributed by atoms with van der Waals surface area (Å²) in [4.78, 5) is 13.9. The quantitative estimate of drug-likeness (QED) is 0.835. The smallest absolute Gasteiger partial charge is 0.315 e. The highest BCUT2D eigenvalue weighted by molar-refractivity contribution is 7.90. The summed E-state index contributed by atoms with van der Waals surface area (Å²) in [5, 5.41) is 5.45. The maximum absolute atomic E-state index is 11.7. The average Bonchev–Trinajstić information content (AvgIpc) is 2.86. The second-order valence-electron chi connectivity index (χ2n) is 5.30. The number of anilines is 1. The number of carbonyl (C=O) groups is 1. The first kappa shape index (κ1) is 15.6. The molecule has 2 N–H and O–H groups in total. The lowest BCUT2D eigenvalue weighted by atomic mass is 10.3. The van der Waals surface area contributed by atoms with Crippen LogP contribution in [0.5, 0.6) is 0 Å². The molecule has 0 aliphatic carbocycles. The van der Waals surface area contributed by atoms with Gasteiger partial charge in [-0.25, -0.2) is 13.2 Å². The second-order valence-corrected chi connectivity index (χ2v) is 7.56. The van der Waals surface area contributed by atoms with Gasteiger partial charge in [0.1, 0.15) is 9.84 Å². The minimum absolute atomic E-state index is 0.0404. The Morgan fingerprint density at radius 1 is 1.33 bits per heavy atom. The Morgan fingerprint density at radius 3 is 2.71 bits per heavy atom. The van der Waals surface area contributed by atoms with Crippen LogP contribution >= 0.6 is 0 Å². The largest absolute Gasteiger partial charge is 0.369 e. The Kier molecular flexibility index (Phi) is 5.06. The maximum atomic E-state index is 11.7. The van der Waals surface area contributed by atoms with Crippen LogP contribution in [0.1, 0.15) is 6.42 Å². The number of carbonyl (C=O) groups excluding carboxylic acids is 1. The number of sulfone groups is 1. The van der Waals surface area contributed by atoms with Crippen molar-refractivity contribution in [3.05, 3.63) is 30.3 Å². The monoisotopic (exact) mass is 311 g/mol. The van der Waals surface area contributed by atoms with Crippen LogP contribution in [0.3, 0.4) is 0 Å². The molecule has 116 valence electrons. The number of urea groups is 1. The molecule has 0 spiro atoms. The summed E-state index contributed by atoms with van der Waals surface area (Å²) in [6.45, 7) is 1.81. The fraction of sp³-hybridized carbons (Fsp3) is 0.500. The van der Waals surface area contributed by atoms with Crippen LogP contribution in [-0.4, -0.2) is 52.1 Å². The third kappa shape index (κ3) is 5.26. The van der Waals surface area contributed by atoms with Crippen molar-refractivity contribution in [2.24, 2.45) is 0 Å². The van der Waals surface area contributed by atoms with E-state index in [9.17, 15) is 13.2 Å². The van der Waals surface area contributed by atoms with Gasteiger partial charge in [0, 0.05) is 37.6 Å². The number of benzene rings is 1. The number of amides is 2. The van der Waals surface area contributed by atoms with Crippen molar-refractivity contribution in [3.63, 3.8) is 0 Å². The Morgan fingerprint density at radius 2 is 2.05 bits per heavy atom. The molecule has 0 bridgehead atoms. The van der Waals surface area contributed by atoms with Gasteiger partial charge in [0.05, 0.1) is 5.75 Å². The van der Waals surface area contributed by atoms with E-state index in [0.29, 0.717) is 0 Å². The highest BCUT2D eigenvalue weighted by Gasteiger charge is 2.23. The maximum Gasteiger partial charge on any atom is 0.315 e. The fourth-order valence-corrected chi connectivity index (χ4v) is 2.81. The predicted octanol–water partition coefficient (Wildman–Crippen LogP) is 0.609. The van der Waals surface area contributed by atoms with Crippen molar-refractivity contribution in [2.75, 3.05) is 36.5 Å². The van der Waals surface area contributed by atoms with Crippen molar-refractivity contribution in [1.29, 1.82) is 0 Å². The Bertz CT molecular complexity index is 574. The van der Waals surface area contributed by atoms with Crippen LogP contribution in [0.25, 0.3) is 0 Å². The molecule has 0 aromatic heterocycles. The summed E-state index contributed by atoms with van der Waals surface area (Å²) < 4.78 is 22.0. The second kappa shape index (κ2) is 6.80. The van der Waals surface area contributed by atoms with Crippen molar-refractivity contribution < 1.29 is 13.2 Å². The number of nitrogens with one attached hydrogen (secondary N) is 2. The molecule has 2 amide bonds. The number of para-hydroxylation sites is 1. The van der Waals surface area contributed by atoms with E-state index in [1.54, 1.807) is 0 Å². The molecule has 0 saturated carbocycles. The zero-order chi connectivity index (χ0) is 15.3. The van der Waals surface area contributed by atoms with Crippen LogP contribution in [-0.2, 0) is 9.84 Å². The van der Waals surface area contributed by atoms with Gasteiger partial charge in [-0.1, -0.05) is 18.2 Å². The van der Waals surface area contributed by atoms with Crippen molar-refractivity contribution in [2.45, 2.75) is 12.5 Å². The third-order valence-corrected chi connectivity index (χ3v) is 4.35. The molecule has 1 aliphatic heterocycles. The van der Waals surface area contributed by atoms with E-state index in [0.717, 1.165) is 31.5 Å². The molecule has 0 radical (unpaired) electrons. The summed E-state index contributed by atoms with van der Waals surface area (Å²) in [7, 11) is -3.04. The Hall–Kier alpha value is -1.76. The van der Waals surface area contributed by atoms with Gasteiger partial charge in [-0.15, -0.1) is 0 Å². The van der Waals surface area contributed by atoms with Gasteiger partial charge in [0.15, 0.2) is 0 Å². The summed E-state index contributed by atoms with van der Waals surface area (Å²) in [6, 6.07) is 9.84. The van der Waals surface area contributed by atoms with E-state index in [2.05, 4.69) is 27.7 Å². The lowest BCUT2D eigenvalue weighted by molar-refractivity contribution is 0.238. The minimum atomic E-state index is -3.04. The first-order valence-corrected chi connectivity index (χ1v) is 9.02. The predicted molar refractivity (Wildman–Crippen MR) is 83.3 cm³/mol. The molecule has 7 heteroatoms. The molecule has 0 unspecified atom stereocenters. The summed E-state index contributed by atoms with van der Waals surface area (Å²) in [5.41, 5.74) is 1.15. The van der Waals surface area contributed by atoms with Gasteiger partial charge < -0.3 is 15.5 Å². The minimum Gasteiger partial charge on any atom is -0.369 e. The highest BCUT2D eigenvalue weighted by atomic mass is 32.2. The molecule has 21 heavy (non-hydrogen) atoms. The topological polar surface area (TPSA) is 78.5 Å². The van der Waals surface area contributed by atoms with Crippen molar-refractivity contribution >= 4 is 21.6 Å². The number of hydrogen-bond acceptors (Lipinski definition) is 4. The van der Waals surface area contributed by atoms with E-state index in [1.807, 2.05) is 18.2 Å². The Balaban J connectivity index is 1.74. The summed E-state index contributed by atoms with van der Waals surface area (Å²) in [6.07, 6.45) is 2.04. The van der Waals surface area contributed by atoms with E-state index < -0.39 is 9.84 Å². The Labute approximate surface area is 125 Å². The molecule has 1 aromatic carbocycles. The van der Waals surface area contributed by atoms with Crippen LogP contribution < -0.4 is 15.5 Å². The average molecular weight is 311 g/mol. The molecule has 1 heterocycles. The van der Waals surface area contributed by atoms with Crippen LogP contribution in [0.15, 0.2) is 30.3 Å². The van der Waals surface area contributed by atoms with Crippen molar-refractivity contribution in [1.82, 2.24) is 10.6 Å². The highest BCUT2D eigenvalue weighted by Crippen LogP contribution is 2.19. The number of nitrogens with zero attached hydrogens (tertiary/aromatic N) is 1. The first-order valence-electron chi connectivity index (χ1n) is 6.96. The van der Waals surface area contributed by atoms with E-state index in [4.69, 9.17) is 0 Å². The standard InChI is InChI=1S/C14H21N3O3S/c1-21(19,20)10-8-15-14(18)16-12-7-9-17(11-12)13-5-3-2-4-6-13/h2-6,12H,7-11H2,1H3,(H2,15,16,18)/t12-/m1/s1. The third-order valence-electron chi connectivity index (χ3n) is 3.40. The van der Waals surface area contributed by atoms with Gasteiger partial charge in [-0.05, 0) is 18.6 Å². The van der Waals surface area contributed by atoms with Gasteiger partial charge in [0.2, 0.25) is 0 Å². The molecule has 1 aromatic rings. The van der Waals surface area contributed by atoms with Crippen LogP contribution in [0.2, 0.25) is 0 Å². The van der Waals surface area contributed by atoms with Gasteiger partial charge in [-0.3, -0.25) is 0 Å². The molecule has 1 fully saturated rings. The molecular formula is C14H21N3O3S. The summed E-state index contributed by atoms with van der Waals surface area (Å²) in [5.74, 6) is -0.0404. The zero-order valence-corrected chi connectivity index (χ0v) is 12.9. The summed E-state index contributed by atoms with van der Waals surface area (Å²) >= 11 is 0. The zero-order valence-electron chi connectivity index (χ0n) is 12.1. The van der Waals surface area contributed by atoms with Crippen LogP contribution in [0, 0.1) is 0 Å². The lowest BCUT2D eigenvalue weighted by Gasteiger charge is -2.19. The molecule has 2 rings (SSSR count). The fourth-order valence-electron chi connectivity index (χ4n) is 2.34. The molecule has 1 saturated heterocycles. The van der Waals surface area contributed by atoms with Gasteiger partial charge in [0.25, 0.3) is 0 Å². The lowest BCUT2D eigenvalue weighted by Crippen LogP contribution is -2.44. The van der Waals surface area contributed by atoms with Gasteiger partial charge in [-0.2, -0.15) is 0 Å². The molecular weight excluding hydrogens is 290 g/mol. The van der Waals surface area contributed by atoms with Gasteiger partial charge >= 0.3 is 6.03 Å². The SMILES string of the molecule is CS(=O)(=O)CCNC(=O)N[C@@H]1CCN(c2ccccc2)C1. The molecule has 6 nitrogen and oxygen atoms in total. The first-order chi connectivity index (χ1) is 9.94. The molecule has 1 aliphatic rings. The normalized spacial score (nSPS) is 18.5. The molecule has 1 atom stereocenters. The van der Waals surface area contributed by atoms with Crippen molar-refractivity contribution in [3.8, 4) is 0 Å². The van der Waals surface area contributed by atoms with E-state index in [-0.39, 0.29) is 24.4 Å².